The highest BCUT2D eigenvalue weighted by Gasteiger charge is 2.18. The van der Waals surface area contributed by atoms with Gasteiger partial charge in [0.05, 0.1) is 18.4 Å². The molecule has 1 aromatic heterocycles. The summed E-state index contributed by atoms with van der Waals surface area (Å²) in [5, 5.41) is 0.152. The monoisotopic (exact) mass is 207 g/mol. The van der Waals surface area contributed by atoms with Crippen LogP contribution >= 0.6 is 11.6 Å². The van der Waals surface area contributed by atoms with Gasteiger partial charge >= 0.3 is 0 Å². The van der Waals surface area contributed by atoms with E-state index in [0.29, 0.717) is 0 Å². The zero-order valence-electron chi connectivity index (χ0n) is 7.14. The third kappa shape index (κ3) is 2.06. The van der Waals surface area contributed by atoms with E-state index < -0.39 is 6.43 Å². The fraction of sp³-hybridized carbons (Fsp3) is 0.375. The van der Waals surface area contributed by atoms with Crippen molar-refractivity contribution in [2.75, 3.05) is 7.11 Å². The minimum atomic E-state index is -2.60. The van der Waals surface area contributed by atoms with Crippen molar-refractivity contribution in [1.29, 1.82) is 0 Å². The van der Waals surface area contributed by atoms with Crippen molar-refractivity contribution >= 4 is 11.6 Å². The molecule has 0 aliphatic rings. The maximum Gasteiger partial charge on any atom is 0.269 e. The van der Waals surface area contributed by atoms with Gasteiger partial charge in [-0.15, -0.1) is 0 Å². The van der Waals surface area contributed by atoms with E-state index in [-0.39, 0.29) is 22.2 Å². The van der Waals surface area contributed by atoms with Gasteiger partial charge in [0.2, 0.25) is 0 Å². The van der Waals surface area contributed by atoms with Crippen molar-refractivity contribution in [1.82, 2.24) is 4.98 Å². The first-order chi connectivity index (χ1) is 6.06. The Labute approximate surface area is 79.5 Å². The summed E-state index contributed by atoms with van der Waals surface area (Å²) in [5.74, 6) is 0.0764. The maximum atomic E-state index is 12.4. The molecule has 1 rings (SSSR count). The predicted octanol–water partition coefficient (Wildman–Crippen LogP) is 2.99. The lowest BCUT2D eigenvalue weighted by atomic mass is 10.2. The van der Waals surface area contributed by atoms with Gasteiger partial charge in [-0.2, -0.15) is 0 Å². The van der Waals surface area contributed by atoms with Gasteiger partial charge in [0, 0.05) is 6.07 Å². The molecule has 0 radical (unpaired) electrons. The number of ether oxygens (including phenoxy) is 1. The van der Waals surface area contributed by atoms with Crippen molar-refractivity contribution in [3.05, 3.63) is 22.5 Å². The summed E-state index contributed by atoms with van der Waals surface area (Å²) in [6.45, 7) is 1.47. The minimum absolute atomic E-state index is 0.0764. The van der Waals surface area contributed by atoms with E-state index in [9.17, 15) is 8.78 Å². The molecule has 0 spiro atoms. The fourth-order valence-electron chi connectivity index (χ4n) is 1.05. The van der Waals surface area contributed by atoms with Crippen molar-refractivity contribution < 1.29 is 13.5 Å². The van der Waals surface area contributed by atoms with Crippen molar-refractivity contribution in [3.63, 3.8) is 0 Å². The van der Waals surface area contributed by atoms with Crippen LogP contribution in [0.3, 0.4) is 0 Å². The molecule has 0 saturated heterocycles. The van der Waals surface area contributed by atoms with Crippen LogP contribution in [-0.4, -0.2) is 12.1 Å². The number of hydrogen-bond donors (Lipinski definition) is 0. The Morgan fingerprint density at radius 3 is 2.62 bits per heavy atom. The number of aromatic nitrogens is 1. The SMILES string of the molecule is COc1cc(Cl)nc(C)c1C(F)F. The lowest BCUT2D eigenvalue weighted by molar-refractivity contribution is 0.145. The number of nitrogens with zero attached hydrogens (tertiary/aromatic N) is 1. The van der Waals surface area contributed by atoms with Gasteiger partial charge in [0.1, 0.15) is 10.9 Å². The van der Waals surface area contributed by atoms with Crippen LogP contribution in [0.1, 0.15) is 17.7 Å². The highest BCUT2D eigenvalue weighted by Crippen LogP contribution is 2.32. The highest BCUT2D eigenvalue weighted by molar-refractivity contribution is 6.29. The zero-order valence-corrected chi connectivity index (χ0v) is 7.90. The van der Waals surface area contributed by atoms with Crippen LogP contribution in [0.5, 0.6) is 5.75 Å². The Hall–Kier alpha value is -0.900. The third-order valence-corrected chi connectivity index (χ3v) is 1.81. The lowest BCUT2D eigenvalue weighted by Gasteiger charge is -2.09. The van der Waals surface area contributed by atoms with Crippen LogP contribution in [0.2, 0.25) is 5.15 Å². The van der Waals surface area contributed by atoms with Gasteiger partial charge < -0.3 is 4.74 Å². The van der Waals surface area contributed by atoms with Crippen molar-refractivity contribution in [2.45, 2.75) is 13.3 Å². The molecule has 0 unspecified atom stereocenters. The summed E-state index contributed by atoms with van der Waals surface area (Å²) >= 11 is 5.57. The zero-order chi connectivity index (χ0) is 10.0. The molecule has 5 heteroatoms. The largest absolute Gasteiger partial charge is 0.496 e. The molecule has 2 nitrogen and oxygen atoms in total. The molecule has 0 fully saturated rings. The molecular weight excluding hydrogens is 200 g/mol. The molecular formula is C8H8ClF2NO. The lowest BCUT2D eigenvalue weighted by Crippen LogP contribution is -1.98. The summed E-state index contributed by atoms with van der Waals surface area (Å²) in [4.78, 5) is 3.71. The van der Waals surface area contributed by atoms with E-state index in [1.54, 1.807) is 0 Å². The smallest absolute Gasteiger partial charge is 0.269 e. The van der Waals surface area contributed by atoms with Crippen LogP contribution in [0.15, 0.2) is 6.07 Å². The number of pyridine rings is 1. The quantitative estimate of drug-likeness (QED) is 0.696. The Balaban J connectivity index is 3.30. The predicted molar refractivity (Wildman–Crippen MR) is 45.5 cm³/mol. The molecule has 0 amide bonds. The second kappa shape index (κ2) is 3.87. The Morgan fingerprint density at radius 2 is 2.15 bits per heavy atom. The molecule has 1 aromatic rings. The molecule has 0 atom stereocenters. The van der Waals surface area contributed by atoms with Crippen LogP contribution in [0.4, 0.5) is 8.78 Å². The van der Waals surface area contributed by atoms with Gasteiger partial charge in [-0.05, 0) is 6.92 Å². The average Bonchev–Trinajstić information content (AvgIpc) is 2.01. The van der Waals surface area contributed by atoms with E-state index in [0.717, 1.165) is 0 Å². The number of alkyl halides is 2. The maximum absolute atomic E-state index is 12.4. The Morgan fingerprint density at radius 1 is 1.54 bits per heavy atom. The van der Waals surface area contributed by atoms with Crippen LogP contribution in [-0.2, 0) is 0 Å². The molecule has 0 saturated carbocycles. The standard InChI is InChI=1S/C8H8ClF2NO/c1-4-7(8(10)11)5(13-2)3-6(9)12-4/h3,8H,1-2H3. The van der Waals surface area contributed by atoms with Crippen LogP contribution in [0, 0.1) is 6.92 Å². The first-order valence-corrected chi connectivity index (χ1v) is 3.93. The van der Waals surface area contributed by atoms with E-state index in [2.05, 4.69) is 4.98 Å². The van der Waals surface area contributed by atoms with E-state index in [1.807, 2.05) is 0 Å². The minimum Gasteiger partial charge on any atom is -0.496 e. The Bertz CT molecular complexity index is 317. The summed E-state index contributed by atoms with van der Waals surface area (Å²) in [7, 11) is 1.32. The van der Waals surface area contributed by atoms with E-state index in [1.165, 1.54) is 20.1 Å². The van der Waals surface area contributed by atoms with Gasteiger partial charge in [0.25, 0.3) is 6.43 Å². The third-order valence-electron chi connectivity index (χ3n) is 1.62. The summed E-state index contributed by atoms with van der Waals surface area (Å²) in [5.41, 5.74) is -0.00810. The number of halogens is 3. The van der Waals surface area contributed by atoms with Crippen LogP contribution < -0.4 is 4.74 Å². The molecule has 13 heavy (non-hydrogen) atoms. The van der Waals surface area contributed by atoms with Crippen LogP contribution in [0.25, 0.3) is 0 Å². The number of hydrogen-bond acceptors (Lipinski definition) is 2. The van der Waals surface area contributed by atoms with Gasteiger partial charge in [-0.25, -0.2) is 13.8 Å². The molecule has 0 aliphatic carbocycles. The summed E-state index contributed by atoms with van der Waals surface area (Å²) in [6.07, 6.45) is -2.60. The molecule has 72 valence electrons. The first-order valence-electron chi connectivity index (χ1n) is 3.55. The van der Waals surface area contributed by atoms with Gasteiger partial charge in [-0.1, -0.05) is 11.6 Å². The fourth-order valence-corrected chi connectivity index (χ4v) is 1.28. The summed E-state index contributed by atoms with van der Waals surface area (Å²) < 4.78 is 29.7. The van der Waals surface area contributed by atoms with E-state index in [4.69, 9.17) is 16.3 Å². The Kier molecular flexibility index (Phi) is 3.03. The van der Waals surface area contributed by atoms with Crippen molar-refractivity contribution in [2.24, 2.45) is 0 Å². The molecule has 0 aromatic carbocycles. The highest BCUT2D eigenvalue weighted by atomic mass is 35.5. The van der Waals surface area contributed by atoms with Gasteiger partial charge in [-0.3, -0.25) is 0 Å². The molecule has 0 aliphatic heterocycles. The number of methoxy groups -OCH3 is 1. The number of aryl methyl sites for hydroxylation is 1. The molecule has 1 heterocycles. The number of rotatable bonds is 2. The summed E-state index contributed by atoms with van der Waals surface area (Å²) in [6, 6.07) is 1.27. The molecule has 0 N–H and O–H groups in total. The first kappa shape index (κ1) is 10.2. The molecule has 0 bridgehead atoms. The van der Waals surface area contributed by atoms with Gasteiger partial charge in [0.15, 0.2) is 0 Å². The second-order valence-electron chi connectivity index (χ2n) is 2.45. The average molecular weight is 208 g/mol. The van der Waals surface area contributed by atoms with Crippen molar-refractivity contribution in [3.8, 4) is 5.75 Å². The van der Waals surface area contributed by atoms with E-state index >= 15 is 0 Å². The normalized spacial score (nSPS) is 10.6. The second-order valence-corrected chi connectivity index (χ2v) is 2.83. The topological polar surface area (TPSA) is 22.1 Å².